The van der Waals surface area contributed by atoms with Crippen LogP contribution in [-0.2, 0) is 23.9 Å². The van der Waals surface area contributed by atoms with Gasteiger partial charge in [0.2, 0.25) is 5.82 Å². The maximum Gasteiger partial charge on any atom is 0.416 e. The monoisotopic (exact) mass is 453 g/mol. The van der Waals surface area contributed by atoms with Gasteiger partial charge in [-0.05, 0) is 48.4 Å². The molecule has 2 heterocycles. The highest BCUT2D eigenvalue weighted by molar-refractivity contribution is 6.32. The van der Waals surface area contributed by atoms with Crippen LogP contribution in [0.3, 0.4) is 0 Å². The van der Waals surface area contributed by atoms with E-state index >= 15 is 0 Å². The van der Waals surface area contributed by atoms with Crippen LogP contribution in [0.5, 0.6) is 5.75 Å². The highest BCUT2D eigenvalue weighted by atomic mass is 35.5. The van der Waals surface area contributed by atoms with Gasteiger partial charge in [0.25, 0.3) is 5.89 Å². The molecule has 0 saturated carbocycles. The first-order chi connectivity index (χ1) is 14.9. The van der Waals surface area contributed by atoms with Crippen LogP contribution in [0.2, 0.25) is 5.02 Å². The Bertz CT molecular complexity index is 1020. The zero-order valence-corrected chi connectivity index (χ0v) is 17.0. The standard InChI is InChI=1S/C21H19ClF3N3O3/c22-17-10-13(9-16-11-26-7-8-29-16)1-6-18(17)30-12-19-27-20(31-28-19)14-2-4-15(5-3-14)21(23,24)25/h1-6,10,16,26H,7-9,11-12H2. The van der Waals surface area contributed by atoms with Crippen molar-refractivity contribution in [1.82, 2.24) is 15.5 Å². The molecular weight excluding hydrogens is 435 g/mol. The van der Waals surface area contributed by atoms with Crippen LogP contribution in [0.25, 0.3) is 11.5 Å². The van der Waals surface area contributed by atoms with Crippen LogP contribution in [0.1, 0.15) is 17.0 Å². The Balaban J connectivity index is 1.36. The molecule has 1 aliphatic heterocycles. The van der Waals surface area contributed by atoms with Gasteiger partial charge in [0.05, 0.1) is 23.3 Å². The molecule has 1 saturated heterocycles. The summed E-state index contributed by atoms with van der Waals surface area (Å²) in [4.78, 5) is 4.16. The SMILES string of the molecule is FC(F)(F)c1ccc(-c2nc(COc3ccc(CC4CNCCO4)cc3Cl)no2)cc1. The van der Waals surface area contributed by atoms with Gasteiger partial charge in [0, 0.05) is 18.7 Å². The molecule has 164 valence electrons. The first-order valence-electron chi connectivity index (χ1n) is 9.62. The number of hydrogen-bond donors (Lipinski definition) is 1. The van der Waals surface area contributed by atoms with Gasteiger partial charge in [-0.1, -0.05) is 22.8 Å². The van der Waals surface area contributed by atoms with Crippen LogP contribution in [0, 0.1) is 0 Å². The molecule has 0 aliphatic carbocycles. The lowest BCUT2D eigenvalue weighted by atomic mass is 10.1. The average Bonchev–Trinajstić information content (AvgIpc) is 3.22. The van der Waals surface area contributed by atoms with E-state index in [-0.39, 0.29) is 24.4 Å². The fourth-order valence-corrected chi connectivity index (χ4v) is 3.43. The number of nitrogens with one attached hydrogen (secondary N) is 1. The first-order valence-corrected chi connectivity index (χ1v) is 10.00. The van der Waals surface area contributed by atoms with E-state index in [1.54, 1.807) is 6.07 Å². The van der Waals surface area contributed by atoms with E-state index < -0.39 is 11.7 Å². The van der Waals surface area contributed by atoms with Crippen molar-refractivity contribution in [1.29, 1.82) is 0 Å². The minimum atomic E-state index is -4.40. The first kappa shape index (κ1) is 21.6. The maximum absolute atomic E-state index is 12.7. The van der Waals surface area contributed by atoms with Gasteiger partial charge >= 0.3 is 6.18 Å². The molecule has 1 atom stereocenters. The minimum Gasteiger partial charge on any atom is -0.484 e. The third-order valence-electron chi connectivity index (χ3n) is 4.75. The lowest BCUT2D eigenvalue weighted by molar-refractivity contribution is -0.137. The topological polar surface area (TPSA) is 69.4 Å². The summed E-state index contributed by atoms with van der Waals surface area (Å²) in [6, 6.07) is 10.0. The van der Waals surface area contributed by atoms with Crippen LogP contribution < -0.4 is 10.1 Å². The molecule has 31 heavy (non-hydrogen) atoms. The third kappa shape index (κ3) is 5.55. The van der Waals surface area contributed by atoms with Crippen molar-refractivity contribution in [2.24, 2.45) is 0 Å². The van der Waals surface area contributed by atoms with E-state index in [0.29, 0.717) is 22.9 Å². The number of nitrogens with zero attached hydrogens (tertiary/aromatic N) is 2. The molecule has 0 spiro atoms. The zero-order chi connectivity index (χ0) is 21.8. The van der Waals surface area contributed by atoms with Crippen molar-refractivity contribution in [2.45, 2.75) is 25.3 Å². The van der Waals surface area contributed by atoms with Crippen molar-refractivity contribution in [2.75, 3.05) is 19.7 Å². The van der Waals surface area contributed by atoms with Gasteiger partial charge in [-0.2, -0.15) is 18.2 Å². The molecular formula is C21H19ClF3N3O3. The number of ether oxygens (including phenoxy) is 2. The Hall–Kier alpha value is -2.62. The van der Waals surface area contributed by atoms with E-state index in [9.17, 15) is 13.2 Å². The highest BCUT2D eigenvalue weighted by Gasteiger charge is 2.30. The summed E-state index contributed by atoms with van der Waals surface area (Å²) in [5.74, 6) is 0.820. The molecule has 1 aliphatic rings. The summed E-state index contributed by atoms with van der Waals surface area (Å²) in [5, 5.41) is 7.54. The minimum absolute atomic E-state index is 0.00113. The molecule has 3 aromatic rings. The van der Waals surface area contributed by atoms with Crippen LogP contribution in [0.15, 0.2) is 47.0 Å². The summed E-state index contributed by atoms with van der Waals surface area (Å²) in [6.07, 6.45) is -3.55. The summed E-state index contributed by atoms with van der Waals surface area (Å²) >= 11 is 6.33. The van der Waals surface area contributed by atoms with Crippen molar-refractivity contribution in [3.63, 3.8) is 0 Å². The number of hydrogen-bond acceptors (Lipinski definition) is 6. The fraction of sp³-hybridized carbons (Fsp3) is 0.333. The predicted molar refractivity (Wildman–Crippen MR) is 107 cm³/mol. The molecule has 0 radical (unpaired) electrons. The fourth-order valence-electron chi connectivity index (χ4n) is 3.18. The van der Waals surface area contributed by atoms with Gasteiger partial charge in [-0.15, -0.1) is 0 Å². The molecule has 1 aromatic heterocycles. The number of alkyl halides is 3. The Morgan fingerprint density at radius 2 is 1.97 bits per heavy atom. The molecule has 1 N–H and O–H groups in total. The number of rotatable bonds is 6. The van der Waals surface area contributed by atoms with Crippen molar-refractivity contribution in [3.8, 4) is 17.2 Å². The van der Waals surface area contributed by atoms with E-state index in [0.717, 1.165) is 37.2 Å². The molecule has 1 unspecified atom stereocenters. The molecule has 4 rings (SSSR count). The number of benzene rings is 2. The maximum atomic E-state index is 12.7. The van der Waals surface area contributed by atoms with Gasteiger partial charge in [0.1, 0.15) is 5.75 Å². The Morgan fingerprint density at radius 1 is 1.16 bits per heavy atom. The van der Waals surface area contributed by atoms with Crippen LogP contribution in [0.4, 0.5) is 13.2 Å². The lowest BCUT2D eigenvalue weighted by Gasteiger charge is -2.23. The highest BCUT2D eigenvalue weighted by Crippen LogP contribution is 2.31. The second kappa shape index (κ2) is 9.25. The van der Waals surface area contributed by atoms with Gasteiger partial charge < -0.3 is 19.3 Å². The van der Waals surface area contributed by atoms with Gasteiger partial charge in [-0.25, -0.2) is 0 Å². The summed E-state index contributed by atoms with van der Waals surface area (Å²) in [5.41, 5.74) is 0.674. The number of morpholine rings is 1. The van der Waals surface area contributed by atoms with Crippen molar-refractivity contribution in [3.05, 3.63) is 64.4 Å². The zero-order valence-electron chi connectivity index (χ0n) is 16.3. The smallest absolute Gasteiger partial charge is 0.416 e. The summed E-state index contributed by atoms with van der Waals surface area (Å²) < 4.78 is 54.5. The quantitative estimate of drug-likeness (QED) is 0.592. The molecule has 1 fully saturated rings. The van der Waals surface area contributed by atoms with Crippen LogP contribution >= 0.6 is 11.6 Å². The molecule has 0 amide bonds. The Kier molecular flexibility index (Phi) is 6.45. The van der Waals surface area contributed by atoms with Gasteiger partial charge in [0.15, 0.2) is 6.61 Å². The number of halogens is 4. The predicted octanol–water partition coefficient (Wildman–Crippen LogP) is 4.52. The molecule has 6 nitrogen and oxygen atoms in total. The van der Waals surface area contributed by atoms with Crippen molar-refractivity contribution < 1.29 is 27.2 Å². The largest absolute Gasteiger partial charge is 0.484 e. The van der Waals surface area contributed by atoms with Crippen LogP contribution in [-0.4, -0.2) is 35.9 Å². The molecule has 2 aromatic carbocycles. The average molecular weight is 454 g/mol. The van der Waals surface area contributed by atoms with E-state index in [4.69, 9.17) is 25.6 Å². The molecule has 10 heteroatoms. The Labute approximate surface area is 181 Å². The van der Waals surface area contributed by atoms with Crippen molar-refractivity contribution >= 4 is 11.6 Å². The lowest BCUT2D eigenvalue weighted by Crippen LogP contribution is -2.39. The van der Waals surface area contributed by atoms with E-state index in [1.807, 2.05) is 12.1 Å². The molecule has 0 bridgehead atoms. The van der Waals surface area contributed by atoms with E-state index in [1.165, 1.54) is 12.1 Å². The third-order valence-corrected chi connectivity index (χ3v) is 5.04. The van der Waals surface area contributed by atoms with Gasteiger partial charge in [-0.3, -0.25) is 0 Å². The second-order valence-corrected chi connectivity index (χ2v) is 7.45. The summed E-state index contributed by atoms with van der Waals surface area (Å²) in [6.45, 7) is 2.35. The second-order valence-electron chi connectivity index (χ2n) is 7.05. The summed E-state index contributed by atoms with van der Waals surface area (Å²) in [7, 11) is 0. The number of aromatic nitrogens is 2. The normalized spacial score (nSPS) is 17.0. The van der Waals surface area contributed by atoms with E-state index in [2.05, 4.69) is 15.5 Å². The Morgan fingerprint density at radius 3 is 2.65 bits per heavy atom.